The van der Waals surface area contributed by atoms with E-state index in [1.54, 1.807) is 11.6 Å². The van der Waals surface area contributed by atoms with Gasteiger partial charge < -0.3 is 5.11 Å². The van der Waals surface area contributed by atoms with E-state index in [1.165, 1.54) is 0 Å². The third-order valence-electron chi connectivity index (χ3n) is 3.53. The highest BCUT2D eigenvalue weighted by Crippen LogP contribution is 2.16. The van der Waals surface area contributed by atoms with Gasteiger partial charge in [0.05, 0.1) is 17.6 Å². The van der Waals surface area contributed by atoms with Gasteiger partial charge in [-0.2, -0.15) is 5.10 Å². The third-order valence-corrected chi connectivity index (χ3v) is 5.32. The van der Waals surface area contributed by atoms with Crippen molar-refractivity contribution in [3.8, 4) is 0 Å². The highest BCUT2D eigenvalue weighted by molar-refractivity contribution is 7.91. The highest BCUT2D eigenvalue weighted by Gasteiger charge is 2.15. The van der Waals surface area contributed by atoms with Gasteiger partial charge in [-0.15, -0.1) is 0 Å². The molecule has 0 aliphatic rings. The van der Waals surface area contributed by atoms with E-state index in [4.69, 9.17) is 0 Å². The van der Waals surface area contributed by atoms with Gasteiger partial charge in [-0.1, -0.05) is 6.92 Å². The van der Waals surface area contributed by atoms with Crippen molar-refractivity contribution in [3.05, 3.63) is 17.0 Å². The van der Waals surface area contributed by atoms with Crippen LogP contribution in [0.1, 0.15) is 36.7 Å². The molecule has 0 spiro atoms. The Morgan fingerprint density at radius 1 is 1.37 bits per heavy atom. The van der Waals surface area contributed by atoms with Crippen LogP contribution in [0.3, 0.4) is 0 Å². The fourth-order valence-corrected chi connectivity index (χ4v) is 3.03. The Morgan fingerprint density at radius 3 is 2.47 bits per heavy atom. The van der Waals surface area contributed by atoms with Crippen LogP contribution >= 0.6 is 0 Å². The molecule has 0 fully saturated rings. The maximum absolute atomic E-state index is 11.4. The Bertz CT molecular complexity index is 520. The smallest absolute Gasteiger partial charge is 0.150 e. The molecule has 0 saturated heterocycles. The molecule has 110 valence electrons. The lowest BCUT2D eigenvalue weighted by Gasteiger charge is -2.11. The number of sulfone groups is 1. The molecule has 1 heterocycles. The molecule has 0 bridgehead atoms. The number of hydrogen-bond acceptors (Lipinski definition) is 4. The van der Waals surface area contributed by atoms with Crippen molar-refractivity contribution in [2.75, 3.05) is 11.5 Å². The molecule has 6 heteroatoms. The molecule has 1 N–H and O–H groups in total. The number of nitrogens with zero attached hydrogens (tertiary/aromatic N) is 2. The molecule has 5 nitrogen and oxygen atoms in total. The first kappa shape index (κ1) is 16.2. The Labute approximate surface area is 115 Å². The topological polar surface area (TPSA) is 72.2 Å². The normalized spacial score (nSPS) is 13.7. The summed E-state index contributed by atoms with van der Waals surface area (Å²) in [7, 11) is -1.05. The van der Waals surface area contributed by atoms with E-state index in [1.807, 2.05) is 20.9 Å². The standard InChI is InChI=1S/C13H24N2O3S/c1-5-19(17,18)8-6-7-12(16)9-13-10(2)14-15(4)11(13)3/h12,16H,5-9H2,1-4H3. The molecule has 0 saturated carbocycles. The van der Waals surface area contributed by atoms with E-state index in [0.717, 1.165) is 17.0 Å². The van der Waals surface area contributed by atoms with Crippen molar-refractivity contribution >= 4 is 9.84 Å². The largest absolute Gasteiger partial charge is 0.393 e. The molecule has 0 aliphatic heterocycles. The lowest BCUT2D eigenvalue weighted by atomic mass is 10.0. The predicted octanol–water partition coefficient (Wildman–Crippen LogP) is 1.16. The number of rotatable bonds is 7. The summed E-state index contributed by atoms with van der Waals surface area (Å²) in [6.07, 6.45) is 1.05. The lowest BCUT2D eigenvalue weighted by molar-refractivity contribution is 0.163. The van der Waals surface area contributed by atoms with Gasteiger partial charge in [0.15, 0.2) is 0 Å². The van der Waals surface area contributed by atoms with Crippen molar-refractivity contribution in [3.63, 3.8) is 0 Å². The van der Waals surface area contributed by atoms with Crippen LogP contribution in [0.4, 0.5) is 0 Å². The summed E-state index contributed by atoms with van der Waals surface area (Å²) in [6.45, 7) is 5.55. The Morgan fingerprint density at radius 2 is 2.00 bits per heavy atom. The van der Waals surface area contributed by atoms with E-state index in [-0.39, 0.29) is 11.5 Å². The van der Waals surface area contributed by atoms with Crippen LogP contribution in [-0.2, 0) is 23.3 Å². The molecule has 0 aromatic carbocycles. The SMILES string of the molecule is CCS(=O)(=O)CCCC(O)Cc1c(C)nn(C)c1C. The molecule has 0 radical (unpaired) electrons. The van der Waals surface area contributed by atoms with Gasteiger partial charge in [-0.3, -0.25) is 4.68 Å². The van der Waals surface area contributed by atoms with E-state index in [0.29, 0.717) is 19.3 Å². The van der Waals surface area contributed by atoms with Crippen LogP contribution in [0.25, 0.3) is 0 Å². The first-order valence-corrected chi connectivity index (χ1v) is 8.46. The Balaban J connectivity index is 2.50. The molecule has 1 unspecified atom stereocenters. The summed E-state index contributed by atoms with van der Waals surface area (Å²) in [5, 5.41) is 14.3. The number of aliphatic hydroxyl groups excluding tert-OH is 1. The maximum atomic E-state index is 11.4. The second kappa shape index (κ2) is 6.52. The van der Waals surface area contributed by atoms with Gasteiger partial charge in [0.2, 0.25) is 0 Å². The van der Waals surface area contributed by atoms with Gasteiger partial charge in [0, 0.05) is 24.9 Å². The first-order chi connectivity index (χ1) is 8.76. The van der Waals surface area contributed by atoms with E-state index < -0.39 is 15.9 Å². The minimum Gasteiger partial charge on any atom is -0.393 e. The third kappa shape index (κ3) is 4.62. The van der Waals surface area contributed by atoms with Gasteiger partial charge in [-0.25, -0.2) is 8.42 Å². The summed E-state index contributed by atoms with van der Waals surface area (Å²) in [5.41, 5.74) is 3.05. The van der Waals surface area contributed by atoms with Crippen LogP contribution in [0.5, 0.6) is 0 Å². The van der Waals surface area contributed by atoms with E-state index in [2.05, 4.69) is 5.10 Å². The molecule has 0 amide bonds. The van der Waals surface area contributed by atoms with Crippen LogP contribution in [0.2, 0.25) is 0 Å². The van der Waals surface area contributed by atoms with E-state index in [9.17, 15) is 13.5 Å². The number of aryl methyl sites for hydroxylation is 2. The number of aromatic nitrogens is 2. The molecule has 1 aromatic rings. The van der Waals surface area contributed by atoms with Crippen molar-refractivity contribution in [2.45, 2.75) is 46.1 Å². The van der Waals surface area contributed by atoms with Gasteiger partial charge in [0.1, 0.15) is 9.84 Å². The quantitative estimate of drug-likeness (QED) is 0.817. The lowest BCUT2D eigenvalue weighted by Crippen LogP contribution is -2.15. The van der Waals surface area contributed by atoms with Crippen molar-refractivity contribution in [1.29, 1.82) is 0 Å². The first-order valence-electron chi connectivity index (χ1n) is 6.64. The molecular weight excluding hydrogens is 264 g/mol. The van der Waals surface area contributed by atoms with E-state index >= 15 is 0 Å². The van der Waals surface area contributed by atoms with Gasteiger partial charge in [0.25, 0.3) is 0 Å². The zero-order valence-corrected chi connectivity index (χ0v) is 13.0. The predicted molar refractivity (Wildman–Crippen MR) is 76.0 cm³/mol. The average molecular weight is 288 g/mol. The summed E-state index contributed by atoms with van der Waals surface area (Å²) in [6, 6.07) is 0. The van der Waals surface area contributed by atoms with Crippen LogP contribution in [0.15, 0.2) is 0 Å². The fourth-order valence-electron chi connectivity index (χ4n) is 2.13. The summed E-state index contributed by atoms with van der Waals surface area (Å²) in [5.74, 6) is 0.329. The molecule has 1 atom stereocenters. The van der Waals surface area contributed by atoms with Crippen LogP contribution < -0.4 is 0 Å². The monoisotopic (exact) mass is 288 g/mol. The minimum absolute atomic E-state index is 0.158. The zero-order valence-electron chi connectivity index (χ0n) is 12.2. The maximum Gasteiger partial charge on any atom is 0.150 e. The second-order valence-corrected chi connectivity index (χ2v) is 7.48. The molecule has 1 rings (SSSR count). The molecule has 0 aliphatic carbocycles. The number of hydrogen-bond donors (Lipinski definition) is 1. The van der Waals surface area contributed by atoms with Crippen molar-refractivity contribution in [2.24, 2.45) is 7.05 Å². The van der Waals surface area contributed by atoms with Crippen LogP contribution in [0, 0.1) is 13.8 Å². The summed E-state index contributed by atoms with van der Waals surface area (Å²) in [4.78, 5) is 0. The van der Waals surface area contributed by atoms with Crippen molar-refractivity contribution in [1.82, 2.24) is 9.78 Å². The van der Waals surface area contributed by atoms with Gasteiger partial charge in [-0.05, 0) is 32.3 Å². The fraction of sp³-hybridized carbons (Fsp3) is 0.769. The van der Waals surface area contributed by atoms with Crippen LogP contribution in [-0.4, -0.2) is 40.9 Å². The summed E-state index contributed by atoms with van der Waals surface area (Å²) >= 11 is 0. The Kier molecular flexibility index (Phi) is 5.55. The molecule has 19 heavy (non-hydrogen) atoms. The highest BCUT2D eigenvalue weighted by atomic mass is 32.2. The summed E-state index contributed by atoms with van der Waals surface area (Å²) < 4.78 is 24.5. The molecule has 1 aromatic heterocycles. The number of aliphatic hydroxyl groups is 1. The molecular formula is C13H24N2O3S. The Hall–Kier alpha value is -0.880. The average Bonchev–Trinajstić information content (AvgIpc) is 2.56. The second-order valence-electron chi connectivity index (χ2n) is 5.01. The van der Waals surface area contributed by atoms with Gasteiger partial charge >= 0.3 is 0 Å². The zero-order chi connectivity index (χ0) is 14.6. The minimum atomic E-state index is -2.93. The van der Waals surface area contributed by atoms with Crippen molar-refractivity contribution < 1.29 is 13.5 Å².